The third-order valence-electron chi connectivity index (χ3n) is 2.96. The molecule has 0 saturated heterocycles. The van der Waals surface area contributed by atoms with E-state index in [0.29, 0.717) is 43.3 Å². The molecule has 0 aliphatic rings. The van der Waals surface area contributed by atoms with Crippen LogP contribution in [0.5, 0.6) is 5.75 Å². The molecule has 1 aromatic carbocycles. The Labute approximate surface area is 131 Å². The van der Waals surface area contributed by atoms with Crippen molar-refractivity contribution in [2.45, 2.75) is 27.2 Å². The summed E-state index contributed by atoms with van der Waals surface area (Å²) in [7, 11) is 0. The topological polar surface area (TPSA) is 61.8 Å². The largest absolute Gasteiger partial charge is 0.490 e. The van der Waals surface area contributed by atoms with Crippen molar-refractivity contribution >= 4 is 11.6 Å². The maximum absolute atomic E-state index is 11.7. The molecule has 5 heteroatoms. The molecule has 0 aromatic heterocycles. The van der Waals surface area contributed by atoms with E-state index >= 15 is 0 Å². The minimum atomic E-state index is -0.185. The molecule has 0 aliphatic carbocycles. The molecule has 0 heterocycles. The number of carbonyl (C=O) groups is 2. The van der Waals surface area contributed by atoms with E-state index in [2.05, 4.69) is 6.92 Å². The molecular weight excluding hydrogens is 284 g/mol. The van der Waals surface area contributed by atoms with Gasteiger partial charge in [-0.05, 0) is 26.3 Å². The Morgan fingerprint density at radius 2 is 1.55 bits per heavy atom. The molecule has 0 bridgehead atoms. The molecule has 0 radical (unpaired) electrons. The van der Waals surface area contributed by atoms with Gasteiger partial charge in [-0.2, -0.15) is 0 Å². The molecule has 0 N–H and O–H groups in total. The fourth-order valence-corrected chi connectivity index (χ4v) is 1.98. The van der Waals surface area contributed by atoms with Crippen LogP contribution >= 0.6 is 0 Å². The smallest absolute Gasteiger partial charge is 0.164 e. The zero-order valence-corrected chi connectivity index (χ0v) is 13.5. The number of carbonyl (C=O) groups excluding carboxylic acids is 2. The standard InChI is InChI=1S/C17H24O5/c1-4-8-20-9-10-21-11-12-22-16-7-5-6-15(13(2)18)17(16)14(3)19/h5-7H,4,8-12H2,1-3H3. The summed E-state index contributed by atoms with van der Waals surface area (Å²) < 4.78 is 16.2. The zero-order chi connectivity index (χ0) is 16.4. The average molecular weight is 308 g/mol. The van der Waals surface area contributed by atoms with Crippen molar-refractivity contribution in [1.29, 1.82) is 0 Å². The summed E-state index contributed by atoms with van der Waals surface area (Å²) in [6, 6.07) is 5.03. The third-order valence-corrected chi connectivity index (χ3v) is 2.96. The summed E-state index contributed by atoms with van der Waals surface area (Å²) in [5.74, 6) is 0.0840. The Balaban J connectivity index is 2.47. The molecule has 22 heavy (non-hydrogen) atoms. The van der Waals surface area contributed by atoms with Crippen molar-refractivity contribution in [3.63, 3.8) is 0 Å². The first kappa shape index (κ1) is 18.3. The first-order valence-corrected chi connectivity index (χ1v) is 7.51. The number of ketones is 2. The zero-order valence-electron chi connectivity index (χ0n) is 13.5. The maximum Gasteiger partial charge on any atom is 0.164 e. The van der Waals surface area contributed by atoms with E-state index in [4.69, 9.17) is 14.2 Å². The van der Waals surface area contributed by atoms with Crippen molar-refractivity contribution in [2.24, 2.45) is 0 Å². The highest BCUT2D eigenvalue weighted by molar-refractivity contribution is 6.08. The van der Waals surface area contributed by atoms with Crippen LogP contribution in [0.25, 0.3) is 0 Å². The van der Waals surface area contributed by atoms with Gasteiger partial charge in [-0.3, -0.25) is 9.59 Å². The predicted molar refractivity (Wildman–Crippen MR) is 83.9 cm³/mol. The molecule has 0 aliphatic heterocycles. The number of Topliss-reactive ketones (excluding diaryl/α,β-unsaturated/α-hetero) is 2. The molecule has 0 atom stereocenters. The third kappa shape index (κ3) is 5.95. The van der Waals surface area contributed by atoms with E-state index in [0.717, 1.165) is 13.0 Å². The Bertz CT molecular complexity index is 496. The van der Waals surface area contributed by atoms with E-state index in [1.165, 1.54) is 13.8 Å². The Morgan fingerprint density at radius 3 is 2.14 bits per heavy atom. The summed E-state index contributed by atoms with van der Waals surface area (Å²) >= 11 is 0. The summed E-state index contributed by atoms with van der Waals surface area (Å²) in [5.41, 5.74) is 0.722. The average Bonchev–Trinajstić information content (AvgIpc) is 2.49. The van der Waals surface area contributed by atoms with Gasteiger partial charge in [0, 0.05) is 12.2 Å². The fourth-order valence-electron chi connectivity index (χ4n) is 1.98. The second-order valence-electron chi connectivity index (χ2n) is 4.86. The lowest BCUT2D eigenvalue weighted by Crippen LogP contribution is -2.13. The fraction of sp³-hybridized carbons (Fsp3) is 0.529. The Hall–Kier alpha value is -1.72. The van der Waals surface area contributed by atoms with Crippen LogP contribution in [0.1, 0.15) is 47.9 Å². The van der Waals surface area contributed by atoms with Crippen molar-refractivity contribution in [3.05, 3.63) is 29.3 Å². The highest BCUT2D eigenvalue weighted by atomic mass is 16.5. The van der Waals surface area contributed by atoms with Gasteiger partial charge >= 0.3 is 0 Å². The van der Waals surface area contributed by atoms with Crippen LogP contribution < -0.4 is 4.74 Å². The SMILES string of the molecule is CCCOCCOCCOc1cccc(C(C)=O)c1C(C)=O. The van der Waals surface area contributed by atoms with Crippen molar-refractivity contribution in [3.8, 4) is 5.75 Å². The summed E-state index contributed by atoms with van der Waals surface area (Å²) in [4.78, 5) is 23.3. The number of rotatable bonds is 11. The van der Waals surface area contributed by atoms with Gasteiger partial charge < -0.3 is 14.2 Å². The van der Waals surface area contributed by atoms with Gasteiger partial charge in [0.1, 0.15) is 12.4 Å². The first-order valence-electron chi connectivity index (χ1n) is 7.51. The van der Waals surface area contributed by atoms with E-state index in [-0.39, 0.29) is 11.6 Å². The monoisotopic (exact) mass is 308 g/mol. The number of ether oxygens (including phenoxy) is 3. The highest BCUT2D eigenvalue weighted by Gasteiger charge is 2.16. The molecular formula is C17H24O5. The van der Waals surface area contributed by atoms with Gasteiger partial charge in [0.25, 0.3) is 0 Å². The van der Waals surface area contributed by atoms with E-state index in [1.807, 2.05) is 0 Å². The summed E-state index contributed by atoms with van der Waals surface area (Å²) in [6.45, 7) is 7.44. The van der Waals surface area contributed by atoms with Crippen molar-refractivity contribution < 1.29 is 23.8 Å². The number of hydrogen-bond acceptors (Lipinski definition) is 5. The van der Waals surface area contributed by atoms with Gasteiger partial charge in [0.05, 0.1) is 25.4 Å². The molecule has 1 rings (SSSR count). The second-order valence-corrected chi connectivity index (χ2v) is 4.86. The maximum atomic E-state index is 11.7. The quantitative estimate of drug-likeness (QED) is 0.464. The van der Waals surface area contributed by atoms with Crippen LogP contribution in [0.15, 0.2) is 18.2 Å². The minimum absolute atomic E-state index is 0.153. The molecule has 5 nitrogen and oxygen atoms in total. The molecule has 0 spiro atoms. The van der Waals surface area contributed by atoms with Gasteiger partial charge in [-0.1, -0.05) is 19.1 Å². The van der Waals surface area contributed by atoms with E-state index < -0.39 is 0 Å². The molecule has 0 fully saturated rings. The van der Waals surface area contributed by atoms with E-state index in [9.17, 15) is 9.59 Å². The van der Waals surface area contributed by atoms with Crippen molar-refractivity contribution in [2.75, 3.05) is 33.0 Å². The lowest BCUT2D eigenvalue weighted by Gasteiger charge is -2.12. The number of hydrogen-bond donors (Lipinski definition) is 0. The van der Waals surface area contributed by atoms with Gasteiger partial charge in [-0.25, -0.2) is 0 Å². The van der Waals surface area contributed by atoms with Gasteiger partial charge in [0.2, 0.25) is 0 Å². The van der Waals surface area contributed by atoms with E-state index in [1.54, 1.807) is 18.2 Å². The minimum Gasteiger partial charge on any atom is -0.490 e. The molecule has 0 amide bonds. The normalized spacial score (nSPS) is 10.5. The van der Waals surface area contributed by atoms with Crippen LogP contribution in [0.3, 0.4) is 0 Å². The molecule has 0 saturated carbocycles. The summed E-state index contributed by atoms with van der Waals surface area (Å²) in [5, 5.41) is 0. The second kappa shape index (κ2) is 10.1. The van der Waals surface area contributed by atoms with Gasteiger partial charge in [-0.15, -0.1) is 0 Å². The summed E-state index contributed by atoms with van der Waals surface area (Å²) in [6.07, 6.45) is 0.990. The molecule has 1 aromatic rings. The molecule has 122 valence electrons. The predicted octanol–water partition coefficient (Wildman–Crippen LogP) is 2.91. The molecule has 0 unspecified atom stereocenters. The highest BCUT2D eigenvalue weighted by Crippen LogP contribution is 2.23. The Kier molecular flexibility index (Phi) is 8.40. The Morgan fingerprint density at radius 1 is 0.909 bits per heavy atom. The number of benzene rings is 1. The first-order chi connectivity index (χ1) is 10.6. The van der Waals surface area contributed by atoms with Crippen LogP contribution in [0.4, 0.5) is 0 Å². The van der Waals surface area contributed by atoms with Crippen LogP contribution in [-0.4, -0.2) is 44.6 Å². The van der Waals surface area contributed by atoms with Crippen LogP contribution in [-0.2, 0) is 9.47 Å². The van der Waals surface area contributed by atoms with Crippen molar-refractivity contribution in [1.82, 2.24) is 0 Å². The lowest BCUT2D eigenvalue weighted by atomic mass is 10.0. The van der Waals surface area contributed by atoms with Crippen LogP contribution in [0.2, 0.25) is 0 Å². The van der Waals surface area contributed by atoms with Crippen LogP contribution in [0, 0.1) is 0 Å². The lowest BCUT2D eigenvalue weighted by molar-refractivity contribution is 0.0364. The van der Waals surface area contributed by atoms with Gasteiger partial charge in [0.15, 0.2) is 11.6 Å².